The first-order valence-corrected chi connectivity index (χ1v) is 5.10. The Morgan fingerprint density at radius 3 is 2.43 bits per heavy atom. The summed E-state index contributed by atoms with van der Waals surface area (Å²) in [6.45, 7) is 0. The molecule has 2 rings (SSSR count). The van der Waals surface area contributed by atoms with Gasteiger partial charge in [0.25, 0.3) is 0 Å². The van der Waals surface area contributed by atoms with Gasteiger partial charge in [-0.25, -0.2) is 0 Å². The van der Waals surface area contributed by atoms with Gasteiger partial charge in [0.2, 0.25) is 0 Å². The molecular formula is C11H7BrN2. The largest absolute Gasteiger partial charge is 0.197 e. The van der Waals surface area contributed by atoms with Gasteiger partial charge in [0, 0.05) is 10.4 Å². The summed E-state index contributed by atoms with van der Waals surface area (Å²) in [7, 11) is 0. The first-order chi connectivity index (χ1) is 6.73. The molecule has 0 saturated heterocycles. The van der Waals surface area contributed by atoms with Crippen molar-refractivity contribution in [3.8, 4) is 12.1 Å². The Kier molecular flexibility index (Phi) is 2.06. The fourth-order valence-electron chi connectivity index (χ4n) is 1.67. The maximum Gasteiger partial charge on any atom is 0.151 e. The number of nitriles is 2. The van der Waals surface area contributed by atoms with Crippen molar-refractivity contribution in [2.45, 2.75) is 12.3 Å². The molecule has 14 heavy (non-hydrogen) atoms. The summed E-state index contributed by atoms with van der Waals surface area (Å²) in [5, 5.41) is 17.8. The predicted octanol–water partition coefficient (Wildman–Crippen LogP) is 2.97. The average molecular weight is 247 g/mol. The highest BCUT2D eigenvalue weighted by Gasteiger charge is 2.57. The van der Waals surface area contributed by atoms with E-state index in [-0.39, 0.29) is 5.92 Å². The van der Waals surface area contributed by atoms with E-state index in [9.17, 15) is 0 Å². The van der Waals surface area contributed by atoms with E-state index in [2.05, 4.69) is 28.1 Å². The number of nitrogens with zero attached hydrogens (tertiary/aromatic N) is 2. The van der Waals surface area contributed by atoms with Gasteiger partial charge >= 0.3 is 0 Å². The van der Waals surface area contributed by atoms with Crippen LogP contribution < -0.4 is 0 Å². The average Bonchev–Trinajstić information content (AvgIpc) is 2.94. The fourth-order valence-corrected chi connectivity index (χ4v) is 2.23. The molecule has 1 saturated carbocycles. The van der Waals surface area contributed by atoms with E-state index in [0.29, 0.717) is 6.42 Å². The lowest BCUT2D eigenvalue weighted by Gasteiger charge is -2.02. The quantitative estimate of drug-likeness (QED) is 0.765. The van der Waals surface area contributed by atoms with E-state index < -0.39 is 5.41 Å². The number of halogens is 1. The molecule has 0 aromatic heterocycles. The maximum absolute atomic E-state index is 8.89. The molecule has 0 aliphatic heterocycles. The lowest BCUT2D eigenvalue weighted by Crippen LogP contribution is -1.95. The third kappa shape index (κ3) is 1.22. The molecule has 1 aromatic rings. The molecule has 1 atom stereocenters. The van der Waals surface area contributed by atoms with Crippen LogP contribution in [0.2, 0.25) is 0 Å². The van der Waals surface area contributed by atoms with Gasteiger partial charge in [-0.2, -0.15) is 10.5 Å². The molecule has 68 valence electrons. The third-order valence-corrected chi connectivity index (χ3v) is 3.36. The highest BCUT2D eigenvalue weighted by molar-refractivity contribution is 9.10. The molecule has 0 spiro atoms. The topological polar surface area (TPSA) is 47.6 Å². The highest BCUT2D eigenvalue weighted by atomic mass is 79.9. The number of benzene rings is 1. The molecule has 1 aliphatic carbocycles. The maximum atomic E-state index is 8.89. The van der Waals surface area contributed by atoms with Crippen molar-refractivity contribution in [3.63, 3.8) is 0 Å². The Hall–Kier alpha value is -1.32. The minimum Gasteiger partial charge on any atom is -0.197 e. The first kappa shape index (κ1) is 9.24. The Labute approximate surface area is 90.9 Å². The van der Waals surface area contributed by atoms with E-state index in [1.807, 2.05) is 24.3 Å². The van der Waals surface area contributed by atoms with Crippen LogP contribution in [0.5, 0.6) is 0 Å². The Bertz CT molecular complexity index is 439. The lowest BCUT2D eigenvalue weighted by molar-refractivity contribution is 0.839. The monoisotopic (exact) mass is 246 g/mol. The Balaban J connectivity index is 2.36. The second kappa shape index (κ2) is 3.12. The second-order valence-corrected chi connectivity index (χ2v) is 4.33. The van der Waals surface area contributed by atoms with Gasteiger partial charge in [0.05, 0.1) is 12.1 Å². The van der Waals surface area contributed by atoms with E-state index in [1.54, 1.807) is 0 Å². The van der Waals surface area contributed by atoms with Crippen LogP contribution >= 0.6 is 15.9 Å². The van der Waals surface area contributed by atoms with Crippen molar-refractivity contribution in [3.05, 3.63) is 34.3 Å². The zero-order valence-electron chi connectivity index (χ0n) is 7.37. The summed E-state index contributed by atoms with van der Waals surface area (Å²) in [6, 6.07) is 11.9. The van der Waals surface area contributed by atoms with Crippen molar-refractivity contribution >= 4 is 15.9 Å². The minimum atomic E-state index is -0.774. The number of hydrogen-bond acceptors (Lipinski definition) is 2. The Morgan fingerprint density at radius 2 is 1.93 bits per heavy atom. The van der Waals surface area contributed by atoms with E-state index in [0.717, 1.165) is 10.0 Å². The van der Waals surface area contributed by atoms with Crippen LogP contribution in [0.3, 0.4) is 0 Å². The highest BCUT2D eigenvalue weighted by Crippen LogP contribution is 2.59. The van der Waals surface area contributed by atoms with Gasteiger partial charge in [-0.1, -0.05) is 34.1 Å². The zero-order chi connectivity index (χ0) is 10.2. The van der Waals surface area contributed by atoms with Gasteiger partial charge in [0.1, 0.15) is 0 Å². The van der Waals surface area contributed by atoms with E-state index in [1.165, 1.54) is 0 Å². The van der Waals surface area contributed by atoms with E-state index in [4.69, 9.17) is 10.5 Å². The molecule has 0 N–H and O–H groups in total. The first-order valence-electron chi connectivity index (χ1n) is 4.30. The normalized spacial score (nSPS) is 22.1. The summed E-state index contributed by atoms with van der Waals surface area (Å²) in [6.07, 6.45) is 0.655. The fraction of sp³-hybridized carbons (Fsp3) is 0.273. The summed E-state index contributed by atoms with van der Waals surface area (Å²) in [5.41, 5.74) is 0.291. The van der Waals surface area contributed by atoms with Crippen molar-refractivity contribution in [2.75, 3.05) is 0 Å². The molecule has 2 nitrogen and oxygen atoms in total. The van der Waals surface area contributed by atoms with Crippen LogP contribution in [-0.4, -0.2) is 0 Å². The van der Waals surface area contributed by atoms with Crippen LogP contribution in [-0.2, 0) is 0 Å². The third-order valence-electron chi connectivity index (χ3n) is 2.64. The molecule has 0 amide bonds. The lowest BCUT2D eigenvalue weighted by atomic mass is 10.0. The second-order valence-electron chi connectivity index (χ2n) is 3.47. The minimum absolute atomic E-state index is 0.0769. The molecule has 0 bridgehead atoms. The SMILES string of the molecule is N#CC1(C#N)CC1c1ccccc1Br. The van der Waals surface area contributed by atoms with Crippen LogP contribution in [0.25, 0.3) is 0 Å². The molecule has 0 heterocycles. The van der Waals surface area contributed by atoms with Crippen LogP contribution in [0.1, 0.15) is 17.9 Å². The van der Waals surface area contributed by atoms with Gasteiger partial charge in [-0.15, -0.1) is 0 Å². The molecule has 1 fully saturated rings. The van der Waals surface area contributed by atoms with Crippen LogP contribution in [0, 0.1) is 28.1 Å². The van der Waals surface area contributed by atoms with Gasteiger partial charge in [-0.05, 0) is 18.1 Å². The van der Waals surface area contributed by atoms with Gasteiger partial charge in [-0.3, -0.25) is 0 Å². The summed E-state index contributed by atoms with van der Waals surface area (Å²) < 4.78 is 0.984. The summed E-state index contributed by atoms with van der Waals surface area (Å²) in [5.74, 6) is 0.0769. The summed E-state index contributed by atoms with van der Waals surface area (Å²) >= 11 is 3.43. The predicted molar refractivity (Wildman–Crippen MR) is 55.2 cm³/mol. The van der Waals surface area contributed by atoms with Crippen LogP contribution in [0.4, 0.5) is 0 Å². The Morgan fingerprint density at radius 1 is 1.29 bits per heavy atom. The molecule has 0 radical (unpaired) electrons. The van der Waals surface area contributed by atoms with Crippen molar-refractivity contribution in [1.29, 1.82) is 10.5 Å². The molecule has 1 aliphatic rings. The standard InChI is InChI=1S/C11H7BrN2/c12-10-4-2-1-3-8(10)9-5-11(9,6-13)7-14/h1-4,9H,5H2. The molecule has 1 aromatic carbocycles. The number of rotatable bonds is 1. The van der Waals surface area contributed by atoms with Crippen molar-refractivity contribution in [2.24, 2.45) is 5.41 Å². The van der Waals surface area contributed by atoms with Crippen LogP contribution in [0.15, 0.2) is 28.7 Å². The van der Waals surface area contributed by atoms with Crippen molar-refractivity contribution in [1.82, 2.24) is 0 Å². The molecule has 3 heteroatoms. The summed E-state index contributed by atoms with van der Waals surface area (Å²) in [4.78, 5) is 0. The van der Waals surface area contributed by atoms with Gasteiger partial charge in [0.15, 0.2) is 5.41 Å². The molecule has 1 unspecified atom stereocenters. The number of hydrogen-bond donors (Lipinski definition) is 0. The molecular weight excluding hydrogens is 240 g/mol. The van der Waals surface area contributed by atoms with Crippen molar-refractivity contribution < 1.29 is 0 Å². The van der Waals surface area contributed by atoms with Gasteiger partial charge < -0.3 is 0 Å². The van der Waals surface area contributed by atoms with E-state index >= 15 is 0 Å². The zero-order valence-corrected chi connectivity index (χ0v) is 8.95. The smallest absolute Gasteiger partial charge is 0.151 e.